The van der Waals surface area contributed by atoms with Gasteiger partial charge in [0.2, 0.25) is 11.8 Å². The van der Waals surface area contributed by atoms with Gasteiger partial charge in [0.25, 0.3) is 0 Å². The molecular weight excluding hydrogens is 294 g/mol. The van der Waals surface area contributed by atoms with Gasteiger partial charge in [0.1, 0.15) is 5.75 Å². The lowest BCUT2D eigenvalue weighted by Gasteiger charge is -2.26. The fourth-order valence-corrected chi connectivity index (χ4v) is 2.71. The Morgan fingerprint density at radius 2 is 2.09 bits per heavy atom. The SMILES string of the molecule is COc1ccc(CN2CC(C(=O)N(C)C(C)CN)CC2=O)cc1. The lowest BCUT2D eigenvalue weighted by Crippen LogP contribution is -2.43. The summed E-state index contributed by atoms with van der Waals surface area (Å²) in [5, 5.41) is 0. The fourth-order valence-electron chi connectivity index (χ4n) is 2.71. The number of rotatable bonds is 6. The summed E-state index contributed by atoms with van der Waals surface area (Å²) in [5.74, 6) is 0.521. The van der Waals surface area contributed by atoms with E-state index in [2.05, 4.69) is 0 Å². The summed E-state index contributed by atoms with van der Waals surface area (Å²) in [6, 6.07) is 7.59. The van der Waals surface area contributed by atoms with Crippen molar-refractivity contribution >= 4 is 11.8 Å². The Kier molecular flexibility index (Phi) is 5.60. The molecule has 1 heterocycles. The lowest BCUT2D eigenvalue weighted by atomic mass is 10.1. The first-order valence-electron chi connectivity index (χ1n) is 7.83. The first-order valence-corrected chi connectivity index (χ1v) is 7.83. The smallest absolute Gasteiger partial charge is 0.228 e. The van der Waals surface area contributed by atoms with E-state index in [0.717, 1.165) is 11.3 Å². The second-order valence-corrected chi connectivity index (χ2v) is 6.06. The molecule has 23 heavy (non-hydrogen) atoms. The van der Waals surface area contributed by atoms with Crippen LogP contribution in [0.15, 0.2) is 24.3 Å². The maximum Gasteiger partial charge on any atom is 0.228 e. The first-order chi connectivity index (χ1) is 11.0. The van der Waals surface area contributed by atoms with Gasteiger partial charge in [-0.15, -0.1) is 0 Å². The van der Waals surface area contributed by atoms with E-state index < -0.39 is 0 Å². The zero-order valence-electron chi connectivity index (χ0n) is 14.0. The van der Waals surface area contributed by atoms with Gasteiger partial charge in [-0.05, 0) is 24.6 Å². The molecule has 1 aromatic carbocycles. The second kappa shape index (κ2) is 7.46. The summed E-state index contributed by atoms with van der Waals surface area (Å²) in [6.07, 6.45) is 0.274. The number of likely N-dealkylation sites (N-methyl/N-ethyl adjacent to an activating group) is 1. The van der Waals surface area contributed by atoms with Crippen LogP contribution in [-0.2, 0) is 16.1 Å². The molecule has 1 aliphatic heterocycles. The molecule has 0 spiro atoms. The van der Waals surface area contributed by atoms with Crippen LogP contribution in [0.5, 0.6) is 5.75 Å². The summed E-state index contributed by atoms with van der Waals surface area (Å²) in [5.41, 5.74) is 6.63. The number of likely N-dealkylation sites (tertiary alicyclic amines) is 1. The van der Waals surface area contributed by atoms with Crippen molar-refractivity contribution in [3.8, 4) is 5.75 Å². The van der Waals surface area contributed by atoms with Gasteiger partial charge < -0.3 is 20.3 Å². The molecule has 0 aromatic heterocycles. The number of carbonyl (C=O) groups is 2. The van der Waals surface area contributed by atoms with Crippen molar-refractivity contribution in [1.29, 1.82) is 0 Å². The Labute approximate surface area is 137 Å². The average Bonchev–Trinajstić information content (AvgIpc) is 2.94. The van der Waals surface area contributed by atoms with Gasteiger partial charge in [0.15, 0.2) is 0 Å². The Hall–Kier alpha value is -2.08. The van der Waals surface area contributed by atoms with Gasteiger partial charge in [-0.25, -0.2) is 0 Å². The number of nitrogens with two attached hydrogens (primary N) is 1. The van der Waals surface area contributed by atoms with Crippen molar-refractivity contribution in [3.05, 3.63) is 29.8 Å². The molecule has 6 nitrogen and oxygen atoms in total. The second-order valence-electron chi connectivity index (χ2n) is 6.06. The number of hydrogen-bond acceptors (Lipinski definition) is 4. The molecule has 1 aromatic rings. The van der Waals surface area contributed by atoms with Crippen molar-refractivity contribution in [2.75, 3.05) is 27.2 Å². The van der Waals surface area contributed by atoms with Crippen LogP contribution in [0.25, 0.3) is 0 Å². The summed E-state index contributed by atoms with van der Waals surface area (Å²) >= 11 is 0. The number of carbonyl (C=O) groups excluding carboxylic acids is 2. The highest BCUT2D eigenvalue weighted by Crippen LogP contribution is 2.23. The third kappa shape index (κ3) is 4.01. The quantitative estimate of drug-likeness (QED) is 0.843. The Bertz CT molecular complexity index is 559. The predicted octanol–water partition coefficient (Wildman–Crippen LogP) is 0.849. The van der Waals surface area contributed by atoms with Gasteiger partial charge in [-0.3, -0.25) is 9.59 Å². The summed E-state index contributed by atoms with van der Waals surface area (Å²) < 4.78 is 5.13. The molecule has 0 radical (unpaired) electrons. The number of ether oxygens (including phenoxy) is 1. The molecule has 2 N–H and O–H groups in total. The monoisotopic (exact) mass is 319 g/mol. The standard InChI is InChI=1S/C17H25N3O3/c1-12(9-18)19(2)17(22)14-8-16(21)20(11-14)10-13-4-6-15(23-3)7-5-13/h4-7,12,14H,8-11,18H2,1-3H3. The van der Waals surface area contributed by atoms with Crippen LogP contribution in [0.2, 0.25) is 0 Å². The minimum atomic E-state index is -0.278. The molecular formula is C17H25N3O3. The summed E-state index contributed by atoms with van der Waals surface area (Å²) in [4.78, 5) is 28.0. The third-order valence-electron chi connectivity index (χ3n) is 4.45. The van der Waals surface area contributed by atoms with Crippen LogP contribution in [0, 0.1) is 5.92 Å². The minimum Gasteiger partial charge on any atom is -0.497 e. The van der Waals surface area contributed by atoms with Crippen LogP contribution in [0.3, 0.4) is 0 Å². The van der Waals surface area contributed by atoms with Crippen molar-refractivity contribution < 1.29 is 14.3 Å². The predicted molar refractivity (Wildman–Crippen MR) is 87.8 cm³/mol. The number of benzene rings is 1. The zero-order chi connectivity index (χ0) is 17.0. The van der Waals surface area contributed by atoms with E-state index in [4.69, 9.17) is 10.5 Å². The van der Waals surface area contributed by atoms with Crippen LogP contribution in [0.4, 0.5) is 0 Å². The normalized spacial score (nSPS) is 18.9. The molecule has 0 saturated carbocycles. The van der Waals surface area contributed by atoms with Crippen LogP contribution < -0.4 is 10.5 Å². The lowest BCUT2D eigenvalue weighted by molar-refractivity contribution is -0.136. The van der Waals surface area contributed by atoms with E-state index >= 15 is 0 Å². The summed E-state index contributed by atoms with van der Waals surface area (Å²) in [6.45, 7) is 3.30. The van der Waals surface area contributed by atoms with Gasteiger partial charge in [-0.1, -0.05) is 12.1 Å². The van der Waals surface area contributed by atoms with Gasteiger partial charge in [-0.2, -0.15) is 0 Å². The molecule has 1 saturated heterocycles. The highest BCUT2D eigenvalue weighted by Gasteiger charge is 2.36. The number of methoxy groups -OCH3 is 1. The molecule has 2 amide bonds. The zero-order valence-corrected chi connectivity index (χ0v) is 14.0. The van der Waals surface area contributed by atoms with E-state index in [-0.39, 0.29) is 30.2 Å². The van der Waals surface area contributed by atoms with Gasteiger partial charge in [0, 0.05) is 39.1 Å². The highest BCUT2D eigenvalue weighted by atomic mass is 16.5. The Morgan fingerprint density at radius 1 is 1.43 bits per heavy atom. The number of nitrogens with zero attached hydrogens (tertiary/aromatic N) is 2. The highest BCUT2D eigenvalue weighted by molar-refractivity contribution is 5.89. The molecule has 1 aliphatic rings. The van der Waals surface area contributed by atoms with Crippen molar-refractivity contribution in [2.24, 2.45) is 11.7 Å². The van der Waals surface area contributed by atoms with Crippen LogP contribution in [0.1, 0.15) is 18.9 Å². The fraction of sp³-hybridized carbons (Fsp3) is 0.529. The van der Waals surface area contributed by atoms with Crippen molar-refractivity contribution in [2.45, 2.75) is 25.9 Å². The molecule has 2 atom stereocenters. The third-order valence-corrected chi connectivity index (χ3v) is 4.45. The van der Waals surface area contributed by atoms with E-state index in [1.807, 2.05) is 31.2 Å². The molecule has 1 fully saturated rings. The number of amides is 2. The summed E-state index contributed by atoms with van der Waals surface area (Å²) in [7, 11) is 3.37. The average molecular weight is 319 g/mol. The van der Waals surface area contributed by atoms with E-state index in [0.29, 0.717) is 19.6 Å². The molecule has 0 aliphatic carbocycles. The Morgan fingerprint density at radius 3 is 2.65 bits per heavy atom. The maximum absolute atomic E-state index is 12.4. The van der Waals surface area contributed by atoms with Gasteiger partial charge >= 0.3 is 0 Å². The van der Waals surface area contributed by atoms with Crippen molar-refractivity contribution in [3.63, 3.8) is 0 Å². The molecule has 6 heteroatoms. The molecule has 126 valence electrons. The molecule has 0 bridgehead atoms. The molecule has 2 unspecified atom stereocenters. The first kappa shape index (κ1) is 17.3. The Balaban J connectivity index is 1.97. The minimum absolute atomic E-state index is 0.00599. The molecule has 2 rings (SSSR count). The van der Waals surface area contributed by atoms with Crippen LogP contribution >= 0.6 is 0 Å². The van der Waals surface area contributed by atoms with E-state index in [9.17, 15) is 9.59 Å². The largest absolute Gasteiger partial charge is 0.497 e. The topological polar surface area (TPSA) is 75.9 Å². The van der Waals surface area contributed by atoms with Crippen LogP contribution in [-0.4, -0.2) is 54.9 Å². The maximum atomic E-state index is 12.4. The van der Waals surface area contributed by atoms with Crippen molar-refractivity contribution in [1.82, 2.24) is 9.80 Å². The number of hydrogen-bond donors (Lipinski definition) is 1. The van der Waals surface area contributed by atoms with Gasteiger partial charge in [0.05, 0.1) is 13.0 Å². The van der Waals surface area contributed by atoms with E-state index in [1.165, 1.54) is 0 Å². The van der Waals surface area contributed by atoms with E-state index in [1.54, 1.807) is 24.0 Å².